The summed E-state index contributed by atoms with van der Waals surface area (Å²) in [5.41, 5.74) is 1.14. The smallest absolute Gasteiger partial charge is 0.424 e. The summed E-state index contributed by atoms with van der Waals surface area (Å²) in [4.78, 5) is 24.0. The molecule has 2 rings (SSSR count). The Morgan fingerprint density at radius 1 is 0.710 bits per heavy atom. The molecular formula is C24H26O7. The van der Waals surface area contributed by atoms with Crippen LogP contribution in [-0.4, -0.2) is 37.7 Å². The maximum atomic E-state index is 12.0. The van der Waals surface area contributed by atoms with E-state index in [9.17, 15) is 9.59 Å². The first-order valence-corrected chi connectivity index (χ1v) is 9.60. The molecule has 0 fully saturated rings. The van der Waals surface area contributed by atoms with Gasteiger partial charge in [-0.3, -0.25) is 0 Å². The van der Waals surface area contributed by atoms with Gasteiger partial charge in [-0.2, -0.15) is 0 Å². The van der Waals surface area contributed by atoms with Crippen molar-refractivity contribution in [3.05, 3.63) is 85.0 Å². The topological polar surface area (TPSA) is 80.3 Å². The maximum Gasteiger partial charge on any atom is 0.514 e. The Morgan fingerprint density at radius 2 is 1.06 bits per heavy atom. The van der Waals surface area contributed by atoms with E-state index >= 15 is 0 Å². The molecule has 0 heterocycles. The van der Waals surface area contributed by atoms with Crippen molar-refractivity contribution in [2.24, 2.45) is 0 Å². The Balaban J connectivity index is 1.82. The van der Waals surface area contributed by atoms with Crippen molar-refractivity contribution >= 4 is 12.3 Å². The van der Waals surface area contributed by atoms with E-state index in [0.717, 1.165) is 0 Å². The van der Waals surface area contributed by atoms with Crippen LogP contribution in [0.15, 0.2) is 85.0 Å². The molecule has 164 valence electrons. The molecular weight excluding hydrogens is 400 g/mol. The van der Waals surface area contributed by atoms with Crippen LogP contribution in [0.2, 0.25) is 0 Å². The Bertz CT molecular complexity index is 804. The molecule has 0 bridgehead atoms. The van der Waals surface area contributed by atoms with Crippen LogP contribution in [0.4, 0.5) is 9.59 Å². The minimum Gasteiger partial charge on any atom is -0.424 e. The van der Waals surface area contributed by atoms with Crippen LogP contribution in [0.25, 0.3) is 0 Å². The third-order valence-corrected chi connectivity index (χ3v) is 4.00. The minimum absolute atomic E-state index is 0.0000951. The zero-order chi connectivity index (χ0) is 22.6. The van der Waals surface area contributed by atoms with Crippen LogP contribution in [0.5, 0.6) is 11.5 Å². The van der Waals surface area contributed by atoms with E-state index in [1.54, 1.807) is 74.5 Å². The fourth-order valence-corrected chi connectivity index (χ4v) is 2.29. The van der Waals surface area contributed by atoms with E-state index in [1.807, 2.05) is 0 Å². The molecule has 0 saturated carbocycles. The monoisotopic (exact) mass is 426 g/mol. The lowest BCUT2D eigenvalue weighted by Gasteiger charge is -2.21. The number of rotatable bonds is 10. The van der Waals surface area contributed by atoms with Gasteiger partial charge >= 0.3 is 12.3 Å². The number of benzene rings is 2. The first-order chi connectivity index (χ1) is 14.8. The van der Waals surface area contributed by atoms with E-state index in [4.69, 9.17) is 23.7 Å². The molecule has 0 amide bonds. The summed E-state index contributed by atoms with van der Waals surface area (Å²) in [6.07, 6.45) is -3.22. The standard InChI is InChI=1S/C24H26O7/c1-17(2)21(30-23(25)28-19-11-7-5-8-12-19)15-27-16-22(18(3)4)31-24(26)29-20-13-9-6-10-14-20/h5-14,21-22H,1,3,15-16H2,2,4H3. The quantitative estimate of drug-likeness (QED) is 0.289. The number of carbonyl (C=O) groups excluding carboxylic acids is 2. The third-order valence-electron chi connectivity index (χ3n) is 4.00. The van der Waals surface area contributed by atoms with Gasteiger partial charge in [0.15, 0.2) is 0 Å². The highest BCUT2D eigenvalue weighted by atomic mass is 16.7. The van der Waals surface area contributed by atoms with Gasteiger partial charge in [0.2, 0.25) is 0 Å². The van der Waals surface area contributed by atoms with Crippen LogP contribution >= 0.6 is 0 Å². The number of hydrogen-bond donors (Lipinski definition) is 0. The summed E-state index contributed by atoms with van der Waals surface area (Å²) in [7, 11) is 0. The van der Waals surface area contributed by atoms with Crippen molar-refractivity contribution in [3.63, 3.8) is 0 Å². The van der Waals surface area contributed by atoms with Crippen molar-refractivity contribution in [2.45, 2.75) is 26.1 Å². The van der Waals surface area contributed by atoms with Gasteiger partial charge in [0, 0.05) is 0 Å². The molecule has 0 radical (unpaired) electrons. The highest BCUT2D eigenvalue weighted by Gasteiger charge is 2.21. The highest BCUT2D eigenvalue weighted by molar-refractivity contribution is 5.64. The molecule has 7 nitrogen and oxygen atoms in total. The summed E-state index contributed by atoms with van der Waals surface area (Å²) < 4.78 is 26.4. The van der Waals surface area contributed by atoms with Crippen molar-refractivity contribution in [1.29, 1.82) is 0 Å². The lowest BCUT2D eigenvalue weighted by molar-refractivity contribution is -0.0160. The summed E-state index contributed by atoms with van der Waals surface area (Å²) in [6, 6.07) is 17.1. The van der Waals surface area contributed by atoms with E-state index in [-0.39, 0.29) is 13.2 Å². The zero-order valence-electron chi connectivity index (χ0n) is 17.6. The van der Waals surface area contributed by atoms with E-state index in [2.05, 4.69) is 13.2 Å². The Labute approximate surface area is 181 Å². The average molecular weight is 426 g/mol. The van der Waals surface area contributed by atoms with Gasteiger partial charge in [-0.05, 0) is 49.3 Å². The number of para-hydroxylation sites is 2. The number of carbonyl (C=O) groups is 2. The van der Waals surface area contributed by atoms with Crippen LogP contribution in [0.3, 0.4) is 0 Å². The van der Waals surface area contributed by atoms with Crippen molar-refractivity contribution in [2.75, 3.05) is 13.2 Å². The first-order valence-electron chi connectivity index (χ1n) is 9.60. The molecule has 0 saturated heterocycles. The predicted molar refractivity (Wildman–Crippen MR) is 115 cm³/mol. The third kappa shape index (κ3) is 8.76. The Kier molecular flexibility index (Phi) is 9.32. The van der Waals surface area contributed by atoms with E-state index < -0.39 is 24.5 Å². The summed E-state index contributed by atoms with van der Waals surface area (Å²) in [5, 5.41) is 0. The Hall–Kier alpha value is -3.58. The van der Waals surface area contributed by atoms with Crippen LogP contribution in [-0.2, 0) is 14.2 Å². The molecule has 2 unspecified atom stereocenters. The van der Waals surface area contributed by atoms with Crippen molar-refractivity contribution in [3.8, 4) is 11.5 Å². The lowest BCUT2D eigenvalue weighted by atomic mass is 10.2. The predicted octanol–water partition coefficient (Wildman–Crippen LogP) is 5.32. The molecule has 2 aromatic rings. The van der Waals surface area contributed by atoms with Gasteiger partial charge in [-0.15, -0.1) is 0 Å². The van der Waals surface area contributed by atoms with Crippen LogP contribution in [0, 0.1) is 0 Å². The molecule has 0 aliphatic carbocycles. The second-order valence-electron chi connectivity index (χ2n) is 6.77. The normalized spacial score (nSPS) is 12.2. The molecule has 0 aromatic heterocycles. The average Bonchev–Trinajstić information content (AvgIpc) is 2.73. The van der Waals surface area contributed by atoms with Gasteiger partial charge in [0.1, 0.15) is 23.7 Å². The van der Waals surface area contributed by atoms with Crippen molar-refractivity contribution < 1.29 is 33.3 Å². The molecule has 0 aliphatic heterocycles. The molecule has 31 heavy (non-hydrogen) atoms. The number of hydrogen-bond acceptors (Lipinski definition) is 7. The zero-order valence-corrected chi connectivity index (χ0v) is 17.6. The van der Waals surface area contributed by atoms with Gasteiger partial charge in [0.05, 0.1) is 13.2 Å². The Morgan fingerprint density at radius 3 is 1.39 bits per heavy atom. The molecule has 2 atom stereocenters. The SMILES string of the molecule is C=C(C)C(COCC(OC(=O)Oc1ccccc1)C(=C)C)OC(=O)Oc1ccccc1. The van der Waals surface area contributed by atoms with Crippen LogP contribution < -0.4 is 9.47 Å². The fourth-order valence-electron chi connectivity index (χ4n) is 2.29. The summed E-state index contributed by atoms with van der Waals surface area (Å²) >= 11 is 0. The van der Waals surface area contributed by atoms with Gasteiger partial charge in [-0.25, -0.2) is 9.59 Å². The second-order valence-corrected chi connectivity index (χ2v) is 6.77. The fraction of sp³-hybridized carbons (Fsp3) is 0.250. The summed E-state index contributed by atoms with van der Waals surface area (Å²) in [5.74, 6) is 0.725. The highest BCUT2D eigenvalue weighted by Crippen LogP contribution is 2.14. The number of ether oxygens (including phenoxy) is 5. The molecule has 0 aliphatic rings. The first kappa shape index (κ1) is 23.7. The second kappa shape index (κ2) is 12.2. The van der Waals surface area contributed by atoms with Gasteiger partial charge in [-0.1, -0.05) is 49.6 Å². The molecule has 7 heteroatoms. The van der Waals surface area contributed by atoms with Crippen molar-refractivity contribution in [1.82, 2.24) is 0 Å². The maximum absolute atomic E-state index is 12.0. The van der Waals surface area contributed by atoms with E-state index in [0.29, 0.717) is 22.6 Å². The largest absolute Gasteiger partial charge is 0.514 e. The van der Waals surface area contributed by atoms with Gasteiger partial charge < -0.3 is 23.7 Å². The van der Waals surface area contributed by atoms with E-state index in [1.165, 1.54) is 0 Å². The summed E-state index contributed by atoms with van der Waals surface area (Å²) in [6.45, 7) is 11.0. The minimum atomic E-state index is -0.873. The van der Waals surface area contributed by atoms with Crippen LogP contribution in [0.1, 0.15) is 13.8 Å². The lowest BCUT2D eigenvalue weighted by Crippen LogP contribution is -2.30. The van der Waals surface area contributed by atoms with Gasteiger partial charge in [0.25, 0.3) is 0 Å². The molecule has 2 aromatic carbocycles. The molecule has 0 N–H and O–H groups in total. The molecule has 0 spiro atoms.